The first-order valence-corrected chi connectivity index (χ1v) is 8.01. The first kappa shape index (κ1) is 15.2. The van der Waals surface area contributed by atoms with E-state index in [1.807, 2.05) is 7.05 Å². The van der Waals surface area contributed by atoms with Crippen LogP contribution < -0.4 is 5.32 Å². The maximum absolute atomic E-state index is 5.66. The van der Waals surface area contributed by atoms with Gasteiger partial charge in [-0.15, -0.1) is 11.3 Å². The van der Waals surface area contributed by atoms with Crippen molar-refractivity contribution >= 4 is 27.4 Å². The first-order valence-electron chi connectivity index (χ1n) is 7.19. The van der Waals surface area contributed by atoms with Crippen molar-refractivity contribution in [2.75, 3.05) is 19.0 Å². The number of aryl methyl sites for hydroxylation is 2. The maximum atomic E-state index is 5.66. The Hall–Kier alpha value is -1.20. The molecule has 0 saturated heterocycles. The van der Waals surface area contributed by atoms with Crippen LogP contribution in [0.1, 0.15) is 42.5 Å². The van der Waals surface area contributed by atoms with Gasteiger partial charge in [0, 0.05) is 18.5 Å². The Labute approximate surface area is 124 Å². The SMILES string of the molecule is CCCCCOCc1nc(NC)c2c(C)c(C)sc2n1. The molecule has 2 aromatic heterocycles. The van der Waals surface area contributed by atoms with E-state index in [2.05, 4.69) is 36.1 Å². The minimum atomic E-state index is 0.490. The third-order valence-corrected chi connectivity index (χ3v) is 4.54. The van der Waals surface area contributed by atoms with Crippen molar-refractivity contribution < 1.29 is 4.74 Å². The van der Waals surface area contributed by atoms with Crippen LogP contribution in [0.5, 0.6) is 0 Å². The van der Waals surface area contributed by atoms with Gasteiger partial charge < -0.3 is 10.1 Å². The molecule has 110 valence electrons. The molecule has 0 spiro atoms. The second kappa shape index (κ2) is 6.99. The van der Waals surface area contributed by atoms with Gasteiger partial charge in [0.2, 0.25) is 0 Å². The molecule has 0 amide bonds. The fourth-order valence-corrected chi connectivity index (χ4v) is 3.20. The summed E-state index contributed by atoms with van der Waals surface area (Å²) in [6, 6.07) is 0. The molecule has 2 heterocycles. The Morgan fingerprint density at radius 3 is 2.70 bits per heavy atom. The average Bonchev–Trinajstić information content (AvgIpc) is 2.73. The molecule has 0 aliphatic rings. The normalized spacial score (nSPS) is 11.2. The van der Waals surface area contributed by atoms with Gasteiger partial charge in [-0.25, -0.2) is 9.97 Å². The summed E-state index contributed by atoms with van der Waals surface area (Å²) < 4.78 is 5.66. The third kappa shape index (κ3) is 3.27. The van der Waals surface area contributed by atoms with Crippen molar-refractivity contribution in [2.24, 2.45) is 0 Å². The molecule has 0 aliphatic carbocycles. The summed E-state index contributed by atoms with van der Waals surface area (Å²) in [6.07, 6.45) is 3.53. The Balaban J connectivity index is 2.15. The molecule has 5 heteroatoms. The van der Waals surface area contributed by atoms with Crippen molar-refractivity contribution in [1.29, 1.82) is 0 Å². The van der Waals surface area contributed by atoms with Crippen LogP contribution in [0.2, 0.25) is 0 Å². The predicted molar refractivity (Wildman–Crippen MR) is 85.6 cm³/mol. The number of hydrogen-bond acceptors (Lipinski definition) is 5. The summed E-state index contributed by atoms with van der Waals surface area (Å²) in [5.41, 5.74) is 1.27. The second-order valence-corrected chi connectivity index (χ2v) is 6.16. The number of thiophene rings is 1. The molecule has 2 rings (SSSR count). The van der Waals surface area contributed by atoms with Crippen molar-refractivity contribution in [3.63, 3.8) is 0 Å². The molecule has 0 radical (unpaired) electrons. The zero-order valence-electron chi connectivity index (χ0n) is 12.7. The van der Waals surface area contributed by atoms with Crippen molar-refractivity contribution in [3.8, 4) is 0 Å². The lowest BCUT2D eigenvalue weighted by Crippen LogP contribution is -2.04. The summed E-state index contributed by atoms with van der Waals surface area (Å²) in [7, 11) is 1.90. The number of nitrogens with zero attached hydrogens (tertiary/aromatic N) is 2. The number of fused-ring (bicyclic) bond motifs is 1. The largest absolute Gasteiger partial charge is 0.373 e. The molecule has 4 nitrogen and oxygen atoms in total. The molecule has 0 fully saturated rings. The lowest BCUT2D eigenvalue weighted by atomic mass is 10.2. The van der Waals surface area contributed by atoms with Crippen LogP contribution in [0.25, 0.3) is 10.2 Å². The van der Waals surface area contributed by atoms with Gasteiger partial charge in [0.1, 0.15) is 17.3 Å². The van der Waals surface area contributed by atoms with E-state index in [9.17, 15) is 0 Å². The van der Waals surface area contributed by atoms with Crippen LogP contribution in [0.3, 0.4) is 0 Å². The van der Waals surface area contributed by atoms with Crippen LogP contribution in [0, 0.1) is 13.8 Å². The highest BCUT2D eigenvalue weighted by atomic mass is 32.1. The number of nitrogens with one attached hydrogen (secondary N) is 1. The van der Waals surface area contributed by atoms with Crippen molar-refractivity contribution in [2.45, 2.75) is 46.6 Å². The van der Waals surface area contributed by atoms with Crippen LogP contribution in [0.4, 0.5) is 5.82 Å². The zero-order chi connectivity index (χ0) is 14.5. The van der Waals surface area contributed by atoms with Crippen LogP contribution in [-0.4, -0.2) is 23.6 Å². The fraction of sp³-hybridized carbons (Fsp3) is 0.600. The summed E-state index contributed by atoms with van der Waals surface area (Å²) in [5, 5.41) is 4.32. The molecule has 1 N–H and O–H groups in total. The van der Waals surface area contributed by atoms with Gasteiger partial charge in [0.15, 0.2) is 5.82 Å². The molecule has 0 aromatic carbocycles. The smallest absolute Gasteiger partial charge is 0.158 e. The molecule has 0 unspecified atom stereocenters. The lowest BCUT2D eigenvalue weighted by molar-refractivity contribution is 0.112. The van der Waals surface area contributed by atoms with Crippen molar-refractivity contribution in [1.82, 2.24) is 9.97 Å². The quantitative estimate of drug-likeness (QED) is 0.782. The Bertz CT molecular complexity index is 580. The number of ether oxygens (including phenoxy) is 1. The molecular weight excluding hydrogens is 270 g/mol. The van der Waals surface area contributed by atoms with Gasteiger partial charge in [-0.05, 0) is 25.8 Å². The van der Waals surface area contributed by atoms with Gasteiger partial charge in [0.25, 0.3) is 0 Å². The molecular formula is C15H23N3OS. The Morgan fingerprint density at radius 1 is 1.20 bits per heavy atom. The van der Waals surface area contributed by atoms with Gasteiger partial charge >= 0.3 is 0 Å². The third-order valence-electron chi connectivity index (χ3n) is 3.44. The monoisotopic (exact) mass is 293 g/mol. The average molecular weight is 293 g/mol. The van der Waals surface area contributed by atoms with E-state index in [-0.39, 0.29) is 0 Å². The number of hydrogen-bond donors (Lipinski definition) is 1. The fourth-order valence-electron chi connectivity index (χ4n) is 2.16. The number of anilines is 1. The van der Waals surface area contributed by atoms with Gasteiger partial charge in [0.05, 0.1) is 5.39 Å². The van der Waals surface area contributed by atoms with E-state index in [1.54, 1.807) is 11.3 Å². The zero-order valence-corrected chi connectivity index (χ0v) is 13.6. The minimum absolute atomic E-state index is 0.490. The lowest BCUT2D eigenvalue weighted by Gasteiger charge is -2.07. The van der Waals surface area contributed by atoms with E-state index in [4.69, 9.17) is 4.74 Å². The van der Waals surface area contributed by atoms with E-state index in [0.717, 1.165) is 34.9 Å². The van der Waals surface area contributed by atoms with Crippen LogP contribution in [-0.2, 0) is 11.3 Å². The van der Waals surface area contributed by atoms with E-state index in [1.165, 1.54) is 23.3 Å². The van der Waals surface area contributed by atoms with Crippen LogP contribution in [0.15, 0.2) is 0 Å². The van der Waals surface area contributed by atoms with Gasteiger partial charge in [-0.2, -0.15) is 0 Å². The highest BCUT2D eigenvalue weighted by molar-refractivity contribution is 7.18. The van der Waals surface area contributed by atoms with E-state index < -0.39 is 0 Å². The maximum Gasteiger partial charge on any atom is 0.158 e. The molecule has 2 aromatic rings. The first-order chi connectivity index (χ1) is 9.67. The molecule has 20 heavy (non-hydrogen) atoms. The summed E-state index contributed by atoms with van der Waals surface area (Å²) in [6.45, 7) is 7.72. The highest BCUT2D eigenvalue weighted by Crippen LogP contribution is 2.33. The second-order valence-electron chi connectivity index (χ2n) is 4.96. The van der Waals surface area contributed by atoms with Crippen LogP contribution >= 0.6 is 11.3 Å². The summed E-state index contributed by atoms with van der Waals surface area (Å²) in [4.78, 5) is 11.5. The minimum Gasteiger partial charge on any atom is -0.373 e. The number of rotatable bonds is 7. The molecule has 0 atom stereocenters. The Kier molecular flexibility index (Phi) is 5.31. The van der Waals surface area contributed by atoms with Crippen molar-refractivity contribution in [3.05, 3.63) is 16.3 Å². The van der Waals surface area contributed by atoms with Gasteiger partial charge in [-0.1, -0.05) is 19.8 Å². The molecule has 0 aliphatic heterocycles. The summed E-state index contributed by atoms with van der Waals surface area (Å²) >= 11 is 1.72. The highest BCUT2D eigenvalue weighted by Gasteiger charge is 2.13. The standard InChI is InChI=1S/C15H23N3OS/c1-5-6-7-8-19-9-12-17-14(16-4)13-10(2)11(3)20-15(13)18-12/h5-9H2,1-4H3,(H,16,17,18). The number of aromatic nitrogens is 2. The number of unbranched alkanes of at least 4 members (excludes halogenated alkanes) is 2. The Morgan fingerprint density at radius 2 is 2.00 bits per heavy atom. The molecule has 0 bridgehead atoms. The predicted octanol–water partition coefficient (Wildman–Crippen LogP) is 4.06. The van der Waals surface area contributed by atoms with E-state index >= 15 is 0 Å². The topological polar surface area (TPSA) is 47.0 Å². The van der Waals surface area contributed by atoms with Gasteiger partial charge in [-0.3, -0.25) is 0 Å². The molecule has 0 saturated carbocycles. The van der Waals surface area contributed by atoms with E-state index in [0.29, 0.717) is 6.61 Å². The summed E-state index contributed by atoms with van der Waals surface area (Å²) in [5.74, 6) is 1.67.